The lowest BCUT2D eigenvalue weighted by Crippen LogP contribution is -2.36. The van der Waals surface area contributed by atoms with E-state index < -0.39 is 0 Å². The normalized spacial score (nSPS) is 15.7. The molecule has 0 amide bonds. The van der Waals surface area contributed by atoms with Gasteiger partial charge in [-0.15, -0.1) is 5.10 Å². The molecule has 0 spiro atoms. The molecule has 0 aliphatic carbocycles. The number of aromatic nitrogens is 6. The second-order valence-electron chi connectivity index (χ2n) is 8.17. The van der Waals surface area contributed by atoms with Crippen LogP contribution < -0.4 is 10.2 Å². The van der Waals surface area contributed by atoms with E-state index in [0.717, 1.165) is 55.3 Å². The van der Waals surface area contributed by atoms with Crippen LogP contribution in [0.2, 0.25) is 5.02 Å². The van der Waals surface area contributed by atoms with Crippen LogP contribution in [0.4, 0.5) is 11.8 Å². The number of pyridine rings is 1. The van der Waals surface area contributed by atoms with Crippen molar-refractivity contribution in [3.05, 3.63) is 48.1 Å². The number of halogens is 1. The quantitative estimate of drug-likeness (QED) is 0.498. The molecule has 4 rings (SSSR count). The van der Waals surface area contributed by atoms with Gasteiger partial charge in [-0.25, -0.2) is 19.6 Å². The van der Waals surface area contributed by atoms with Crippen LogP contribution in [0.1, 0.15) is 39.0 Å². The number of rotatable bonds is 9. The second-order valence-corrected chi connectivity index (χ2v) is 8.61. The van der Waals surface area contributed by atoms with Gasteiger partial charge in [-0.3, -0.25) is 0 Å². The summed E-state index contributed by atoms with van der Waals surface area (Å²) in [5.41, 5.74) is 0.908. The van der Waals surface area contributed by atoms with Crippen molar-refractivity contribution >= 4 is 23.4 Å². The highest BCUT2D eigenvalue weighted by Gasteiger charge is 2.24. The van der Waals surface area contributed by atoms with Gasteiger partial charge in [-0.2, -0.15) is 0 Å². The fourth-order valence-electron chi connectivity index (χ4n) is 4.15. The summed E-state index contributed by atoms with van der Waals surface area (Å²) in [5, 5.41) is 11.8. The number of nitrogens with zero attached hydrogens (tertiary/aromatic N) is 7. The predicted molar refractivity (Wildman–Crippen MR) is 123 cm³/mol. The van der Waals surface area contributed by atoms with Gasteiger partial charge in [-0.05, 0) is 43.2 Å². The molecule has 1 unspecified atom stereocenters. The van der Waals surface area contributed by atoms with E-state index in [-0.39, 0.29) is 0 Å². The van der Waals surface area contributed by atoms with Crippen molar-refractivity contribution in [2.24, 2.45) is 11.8 Å². The number of hydrogen-bond donors (Lipinski definition) is 1. The molecule has 3 aromatic rings. The fraction of sp³-hybridized carbons (Fsp3) is 0.500. The Kier molecular flexibility index (Phi) is 7.30. The average molecular weight is 441 g/mol. The summed E-state index contributed by atoms with van der Waals surface area (Å²) in [4.78, 5) is 15.4. The Morgan fingerprint density at radius 3 is 2.58 bits per heavy atom. The molecule has 1 N–H and O–H groups in total. The highest BCUT2D eigenvalue weighted by molar-refractivity contribution is 6.30. The minimum Gasteiger partial charge on any atom is -0.370 e. The summed E-state index contributed by atoms with van der Waals surface area (Å²) in [6, 6.07) is 3.98. The van der Waals surface area contributed by atoms with E-state index in [2.05, 4.69) is 42.4 Å². The summed E-state index contributed by atoms with van der Waals surface area (Å²) in [6.07, 6.45) is 14.7. The molecule has 3 aromatic heterocycles. The van der Waals surface area contributed by atoms with E-state index in [1.807, 2.05) is 12.1 Å². The molecule has 31 heavy (non-hydrogen) atoms. The lowest BCUT2D eigenvalue weighted by molar-refractivity contribution is 0.273. The van der Waals surface area contributed by atoms with Gasteiger partial charge >= 0.3 is 0 Å². The molecule has 1 aliphatic rings. The average Bonchev–Trinajstić information content (AvgIpc) is 3.35. The van der Waals surface area contributed by atoms with E-state index in [0.29, 0.717) is 5.02 Å². The van der Waals surface area contributed by atoms with Crippen molar-refractivity contribution in [3.8, 4) is 5.69 Å². The number of anilines is 2. The lowest BCUT2D eigenvalue weighted by atomic mass is 9.82. The maximum Gasteiger partial charge on any atom is 0.225 e. The number of hydrogen-bond acceptors (Lipinski definition) is 7. The fourth-order valence-corrected chi connectivity index (χ4v) is 4.25. The highest BCUT2D eigenvalue weighted by atomic mass is 35.5. The molecule has 1 fully saturated rings. The van der Waals surface area contributed by atoms with Crippen LogP contribution in [0.3, 0.4) is 0 Å². The first-order valence-corrected chi connectivity index (χ1v) is 11.4. The van der Waals surface area contributed by atoms with Crippen molar-refractivity contribution in [2.45, 2.75) is 39.0 Å². The first-order chi connectivity index (χ1) is 15.2. The number of nitrogens with one attached hydrogen (secondary N) is 1. The van der Waals surface area contributed by atoms with Crippen LogP contribution in [-0.4, -0.2) is 49.6 Å². The van der Waals surface area contributed by atoms with E-state index in [1.165, 1.54) is 25.7 Å². The van der Waals surface area contributed by atoms with Crippen LogP contribution in [0, 0.1) is 11.8 Å². The van der Waals surface area contributed by atoms with E-state index in [1.54, 1.807) is 35.7 Å². The molecule has 164 valence electrons. The van der Waals surface area contributed by atoms with Crippen LogP contribution in [0.15, 0.2) is 43.1 Å². The lowest BCUT2D eigenvalue weighted by Gasteiger charge is -2.35. The summed E-state index contributed by atoms with van der Waals surface area (Å²) in [6.45, 7) is 5.38. The second kappa shape index (κ2) is 10.5. The van der Waals surface area contributed by atoms with E-state index in [4.69, 9.17) is 11.6 Å². The minimum absolute atomic E-state index is 0.585. The topological polar surface area (TPSA) is 84.7 Å². The van der Waals surface area contributed by atoms with Crippen molar-refractivity contribution in [2.75, 3.05) is 29.9 Å². The molecule has 9 heteroatoms. The summed E-state index contributed by atoms with van der Waals surface area (Å²) < 4.78 is 1.70. The summed E-state index contributed by atoms with van der Waals surface area (Å²) >= 11 is 5.89. The van der Waals surface area contributed by atoms with E-state index >= 15 is 0 Å². The van der Waals surface area contributed by atoms with E-state index in [9.17, 15) is 0 Å². The highest BCUT2D eigenvalue weighted by Crippen LogP contribution is 2.29. The Hall–Kier alpha value is -2.74. The van der Waals surface area contributed by atoms with Crippen molar-refractivity contribution in [1.82, 2.24) is 29.9 Å². The third kappa shape index (κ3) is 5.91. The standard InChI is InChI=1S/C22H29ClN8/c1-17(18-7-11-30(12-8-18)22-26-14-19(23)15-27-22)4-2-3-9-24-21-6-5-20(16-25-21)31-13-10-28-29-31/h5-6,10,13-18H,2-4,7-9,11-12H2,1H3,(H,24,25). The molecule has 0 radical (unpaired) electrons. The number of unbranched alkanes of at least 4 members (excludes halogenated alkanes) is 1. The van der Waals surface area contributed by atoms with Crippen LogP contribution in [0.5, 0.6) is 0 Å². The molecule has 4 heterocycles. The third-order valence-corrected chi connectivity index (χ3v) is 6.26. The van der Waals surface area contributed by atoms with Crippen molar-refractivity contribution < 1.29 is 0 Å². The molecule has 1 aliphatic heterocycles. The van der Waals surface area contributed by atoms with Crippen LogP contribution in [0.25, 0.3) is 5.69 Å². The Morgan fingerprint density at radius 1 is 1.10 bits per heavy atom. The number of piperidine rings is 1. The van der Waals surface area contributed by atoms with Crippen LogP contribution in [-0.2, 0) is 0 Å². The molecular weight excluding hydrogens is 412 g/mol. The molecule has 0 aromatic carbocycles. The van der Waals surface area contributed by atoms with Gasteiger partial charge in [0.25, 0.3) is 0 Å². The van der Waals surface area contributed by atoms with Gasteiger partial charge in [0.05, 0.1) is 41.7 Å². The van der Waals surface area contributed by atoms with Gasteiger partial charge < -0.3 is 10.2 Å². The summed E-state index contributed by atoms with van der Waals surface area (Å²) in [5.74, 6) is 3.22. The first kappa shape index (κ1) is 21.5. The zero-order valence-corrected chi connectivity index (χ0v) is 18.6. The predicted octanol–water partition coefficient (Wildman–Crippen LogP) is 4.24. The minimum atomic E-state index is 0.585. The molecule has 1 atom stereocenters. The third-order valence-electron chi connectivity index (χ3n) is 6.06. The summed E-state index contributed by atoms with van der Waals surface area (Å²) in [7, 11) is 0. The molecule has 1 saturated heterocycles. The van der Waals surface area contributed by atoms with Crippen molar-refractivity contribution in [1.29, 1.82) is 0 Å². The molecule has 0 bridgehead atoms. The van der Waals surface area contributed by atoms with Gasteiger partial charge in [-0.1, -0.05) is 36.6 Å². The monoisotopic (exact) mass is 440 g/mol. The largest absolute Gasteiger partial charge is 0.370 e. The van der Waals surface area contributed by atoms with Gasteiger partial charge in [0, 0.05) is 19.6 Å². The zero-order valence-electron chi connectivity index (χ0n) is 17.9. The first-order valence-electron chi connectivity index (χ1n) is 11.0. The maximum atomic E-state index is 5.89. The molecule has 8 nitrogen and oxygen atoms in total. The van der Waals surface area contributed by atoms with Crippen LogP contribution >= 0.6 is 11.6 Å². The smallest absolute Gasteiger partial charge is 0.225 e. The molecular formula is C22H29ClN8. The zero-order chi connectivity index (χ0) is 21.5. The molecule has 0 saturated carbocycles. The van der Waals surface area contributed by atoms with Gasteiger partial charge in [0.2, 0.25) is 5.95 Å². The Bertz CT molecular complexity index is 906. The maximum absolute atomic E-state index is 5.89. The van der Waals surface area contributed by atoms with Gasteiger partial charge in [0.1, 0.15) is 5.82 Å². The van der Waals surface area contributed by atoms with Gasteiger partial charge in [0.15, 0.2) is 0 Å². The Morgan fingerprint density at radius 2 is 1.90 bits per heavy atom. The van der Waals surface area contributed by atoms with Crippen molar-refractivity contribution in [3.63, 3.8) is 0 Å². The SMILES string of the molecule is CC(CCCCNc1ccc(-n2ccnn2)cn1)C1CCN(c2ncc(Cl)cn2)CC1. The Labute approximate surface area is 188 Å². The Balaban J connectivity index is 1.12.